The van der Waals surface area contributed by atoms with E-state index in [9.17, 15) is 23.7 Å². The highest BCUT2D eigenvalue weighted by Gasteiger charge is 2.44. The van der Waals surface area contributed by atoms with Gasteiger partial charge in [0, 0.05) is 75.3 Å². The number of piperidine rings is 2. The molecule has 1 aromatic heterocycles. The van der Waals surface area contributed by atoms with E-state index in [1.165, 1.54) is 6.20 Å². The maximum absolute atomic E-state index is 13.3. The Bertz CT molecular complexity index is 2360. The highest BCUT2D eigenvalue weighted by molar-refractivity contribution is 7.70. The van der Waals surface area contributed by atoms with Gasteiger partial charge in [-0.2, -0.15) is 4.98 Å². The van der Waals surface area contributed by atoms with E-state index in [1.54, 1.807) is 32.6 Å². The van der Waals surface area contributed by atoms with Crippen LogP contribution in [-0.4, -0.2) is 120 Å². The predicted molar refractivity (Wildman–Crippen MR) is 227 cm³/mol. The number of anilines is 5. The number of methoxy groups -OCH3 is 1. The number of benzene rings is 3. The molecule has 0 bridgehead atoms. The molecule has 0 radical (unpaired) electrons. The van der Waals surface area contributed by atoms with Gasteiger partial charge in [-0.3, -0.25) is 39.2 Å². The summed E-state index contributed by atoms with van der Waals surface area (Å²) in [5.74, 6) is -0.596. The lowest BCUT2D eigenvalue weighted by molar-refractivity contribution is -0.136. The fourth-order valence-corrected chi connectivity index (χ4v) is 9.74. The van der Waals surface area contributed by atoms with Crippen molar-refractivity contribution in [3.8, 4) is 5.75 Å². The van der Waals surface area contributed by atoms with Gasteiger partial charge in [0.05, 0.1) is 35.8 Å². The number of fused-ring (bicyclic) bond motifs is 1. The number of nitrogens with one attached hydrogen (secondary N) is 3. The lowest BCUT2D eigenvalue weighted by Gasteiger charge is -2.43. The second kappa shape index (κ2) is 16.7. The van der Waals surface area contributed by atoms with Gasteiger partial charge in [0.1, 0.15) is 24.0 Å². The molecule has 3 fully saturated rings. The summed E-state index contributed by atoms with van der Waals surface area (Å²) in [6.07, 6.45) is 3.82. The molecule has 1 atom stereocenters. The second-order valence-corrected chi connectivity index (χ2v) is 19.3. The van der Waals surface area contributed by atoms with Gasteiger partial charge in [-0.1, -0.05) is 29.8 Å². The van der Waals surface area contributed by atoms with Crippen molar-refractivity contribution in [3.05, 3.63) is 88.6 Å². The molecule has 0 spiro atoms. The molecule has 0 aliphatic carbocycles. The Balaban J connectivity index is 0.834. The van der Waals surface area contributed by atoms with Gasteiger partial charge in [-0.15, -0.1) is 0 Å². The van der Waals surface area contributed by atoms with Gasteiger partial charge in [0.2, 0.25) is 17.8 Å². The molecule has 1 unspecified atom stereocenters. The molecule has 59 heavy (non-hydrogen) atoms. The average molecular weight is 840 g/mol. The van der Waals surface area contributed by atoms with Crippen LogP contribution >= 0.6 is 18.7 Å². The minimum absolute atomic E-state index is 0.0911. The van der Waals surface area contributed by atoms with Crippen LogP contribution in [0.3, 0.4) is 0 Å². The molecule has 0 saturated carbocycles. The van der Waals surface area contributed by atoms with Crippen molar-refractivity contribution in [1.29, 1.82) is 0 Å². The molecule has 15 nitrogen and oxygen atoms in total. The Labute approximate surface area is 347 Å². The van der Waals surface area contributed by atoms with E-state index in [4.69, 9.17) is 16.3 Å². The Morgan fingerprint density at radius 1 is 0.864 bits per heavy atom. The number of carbonyl (C=O) groups excluding carboxylic acids is 4. The number of rotatable bonds is 11. The number of piperazine rings is 1. The number of hydrogen-bond donors (Lipinski definition) is 3. The second-order valence-electron chi connectivity index (χ2n) is 15.8. The number of ether oxygens (including phenoxy) is 1. The topological polar surface area (TPSA) is 169 Å². The molecule has 3 saturated heterocycles. The molecule has 4 aliphatic heterocycles. The van der Waals surface area contributed by atoms with Crippen molar-refractivity contribution >= 4 is 76.5 Å². The summed E-state index contributed by atoms with van der Waals surface area (Å²) >= 11 is 6.48. The van der Waals surface area contributed by atoms with E-state index in [2.05, 4.69) is 46.7 Å². The van der Waals surface area contributed by atoms with Crippen molar-refractivity contribution in [2.24, 2.45) is 0 Å². The zero-order chi connectivity index (χ0) is 41.4. The summed E-state index contributed by atoms with van der Waals surface area (Å²) in [4.78, 5) is 67.8. The van der Waals surface area contributed by atoms with Crippen LogP contribution < -0.4 is 30.9 Å². The predicted octanol–water partition coefficient (Wildman–Crippen LogP) is 5.06. The van der Waals surface area contributed by atoms with Gasteiger partial charge in [0.25, 0.3) is 11.8 Å². The van der Waals surface area contributed by atoms with Crippen LogP contribution in [0.15, 0.2) is 66.9 Å². The zero-order valence-corrected chi connectivity index (χ0v) is 34.9. The first-order valence-electron chi connectivity index (χ1n) is 19.8. The number of amides is 4. The molecule has 5 heterocycles. The summed E-state index contributed by atoms with van der Waals surface area (Å²) in [6, 6.07) is 18.3. The Morgan fingerprint density at radius 2 is 1.61 bits per heavy atom. The van der Waals surface area contributed by atoms with Crippen molar-refractivity contribution in [1.82, 2.24) is 30.0 Å². The van der Waals surface area contributed by atoms with Crippen molar-refractivity contribution in [2.75, 3.05) is 75.2 Å². The summed E-state index contributed by atoms with van der Waals surface area (Å²) in [5.41, 5.74) is 4.01. The third-order valence-electron chi connectivity index (χ3n) is 11.6. The SMILES string of the molecule is COc1cc(N2CCC(N3CCN(Cc4ccc5c(c4)C(=O)N(C4CCC(=O)NC4=O)C5=O)CC3)CC2)ccc1Nc1ncc(Cl)c(Nc2ccccc2P(C)(C)=O)n1. The molecule has 4 aliphatic rings. The average Bonchev–Trinajstić information content (AvgIpc) is 3.47. The maximum atomic E-state index is 13.3. The maximum Gasteiger partial charge on any atom is 0.262 e. The summed E-state index contributed by atoms with van der Waals surface area (Å²) in [5, 5.41) is 9.79. The Kier molecular flexibility index (Phi) is 11.5. The molecule has 308 valence electrons. The van der Waals surface area contributed by atoms with Gasteiger partial charge >= 0.3 is 0 Å². The van der Waals surface area contributed by atoms with Crippen LogP contribution in [0.25, 0.3) is 0 Å². The smallest absolute Gasteiger partial charge is 0.262 e. The summed E-state index contributed by atoms with van der Waals surface area (Å²) < 4.78 is 18.7. The van der Waals surface area contributed by atoms with Crippen LogP contribution in [-0.2, 0) is 20.7 Å². The summed E-state index contributed by atoms with van der Waals surface area (Å²) in [7, 11) is -0.919. The number of hydrogen-bond acceptors (Lipinski definition) is 13. The van der Waals surface area contributed by atoms with E-state index in [1.807, 2.05) is 42.5 Å². The Hall–Kier alpha value is -5.34. The summed E-state index contributed by atoms with van der Waals surface area (Å²) in [6.45, 7) is 9.60. The van der Waals surface area contributed by atoms with Crippen molar-refractivity contribution in [3.63, 3.8) is 0 Å². The minimum atomic E-state index is -2.56. The van der Waals surface area contributed by atoms with Crippen LogP contribution in [0.1, 0.15) is 52.0 Å². The molecule has 4 amide bonds. The van der Waals surface area contributed by atoms with Gasteiger partial charge < -0.3 is 24.8 Å². The monoisotopic (exact) mass is 839 g/mol. The van der Waals surface area contributed by atoms with E-state index >= 15 is 0 Å². The van der Waals surface area contributed by atoms with Crippen LogP contribution in [0.2, 0.25) is 5.02 Å². The lowest BCUT2D eigenvalue weighted by Crippen LogP contribution is -2.54. The van der Waals surface area contributed by atoms with Crippen LogP contribution in [0.5, 0.6) is 5.75 Å². The third-order valence-corrected chi connectivity index (χ3v) is 13.4. The van der Waals surface area contributed by atoms with E-state index in [0.717, 1.165) is 68.3 Å². The van der Waals surface area contributed by atoms with Gasteiger partial charge in [-0.25, -0.2) is 4.98 Å². The standard InChI is InChI=1S/C42H47ClN9O6P/c1-58-35-23-28(9-11-32(35)46-42-44-24-31(43)38(48-42)45-33-6-4-5-7-36(33)59(2,3)57)50-16-14-27(15-17-50)51-20-18-49(19-21-51)25-26-8-10-29-30(22-26)41(56)52(40(29)55)34-12-13-37(53)47-39(34)54/h4-11,22-24,27,34H,12-21,25H2,1-3H3,(H,47,53,54)(H2,44,45,46,48). The fourth-order valence-electron chi connectivity index (χ4n) is 8.44. The van der Waals surface area contributed by atoms with Crippen molar-refractivity contribution < 1.29 is 28.5 Å². The number of halogens is 1. The number of aromatic nitrogens is 2. The number of imide groups is 2. The number of nitrogens with zero attached hydrogens (tertiary/aromatic N) is 6. The largest absolute Gasteiger partial charge is 0.494 e. The highest BCUT2D eigenvalue weighted by atomic mass is 35.5. The quantitative estimate of drug-likeness (QED) is 0.136. The molecular formula is C42H47ClN9O6P. The first-order valence-corrected chi connectivity index (χ1v) is 22.8. The van der Waals surface area contributed by atoms with Crippen LogP contribution in [0.4, 0.5) is 28.8 Å². The van der Waals surface area contributed by atoms with E-state index in [-0.39, 0.29) is 12.8 Å². The molecule has 8 rings (SSSR count). The van der Waals surface area contributed by atoms with E-state index in [0.29, 0.717) is 62.9 Å². The number of carbonyl (C=O) groups is 4. The van der Waals surface area contributed by atoms with Gasteiger partial charge in [0.15, 0.2) is 5.82 Å². The first-order chi connectivity index (χ1) is 28.4. The molecule has 17 heteroatoms. The van der Waals surface area contributed by atoms with Gasteiger partial charge in [-0.05, 0) is 74.6 Å². The number of para-hydroxylation sites is 1. The molecule has 4 aromatic rings. The fraction of sp³-hybridized carbons (Fsp3) is 0.381. The van der Waals surface area contributed by atoms with Crippen LogP contribution in [0, 0.1) is 0 Å². The normalized spacial score (nSPS) is 19.5. The van der Waals surface area contributed by atoms with E-state index < -0.39 is 36.8 Å². The minimum Gasteiger partial charge on any atom is -0.494 e. The lowest BCUT2D eigenvalue weighted by atomic mass is 10.0. The molecule has 3 aromatic carbocycles. The Morgan fingerprint density at radius 3 is 2.34 bits per heavy atom. The molecule has 3 N–H and O–H groups in total. The molecular weight excluding hydrogens is 793 g/mol. The third kappa shape index (κ3) is 8.56. The highest BCUT2D eigenvalue weighted by Crippen LogP contribution is 2.39. The zero-order valence-electron chi connectivity index (χ0n) is 33.2. The first kappa shape index (κ1) is 40.4. The van der Waals surface area contributed by atoms with Crippen molar-refractivity contribution in [2.45, 2.75) is 44.3 Å².